The zero-order valence-electron chi connectivity index (χ0n) is 13.0. The van der Waals surface area contributed by atoms with Gasteiger partial charge >= 0.3 is 18.9 Å². The normalized spacial score (nSPS) is 14.0. The van der Waals surface area contributed by atoms with E-state index in [2.05, 4.69) is 67.9 Å². The van der Waals surface area contributed by atoms with Gasteiger partial charge in [-0.1, -0.05) is 62.3 Å². The largest absolute Gasteiger partial charge is 1.00 e. The summed E-state index contributed by atoms with van der Waals surface area (Å²) >= 11 is 0. The Morgan fingerprint density at radius 3 is 0.875 bits per heavy atom. The third-order valence-corrected chi connectivity index (χ3v) is 10.7. The van der Waals surface area contributed by atoms with Crippen LogP contribution in [0.3, 0.4) is 0 Å². The second-order valence-corrected chi connectivity index (χ2v) is 13.9. The molecule has 0 atom stereocenters. The SMILES string of the molecule is [C-]#C[Si](C(C)(C)C)(C(C)(C)C)C(C)(C)C.[Li+]. The molecule has 0 aliphatic carbocycles. The van der Waals surface area contributed by atoms with Crippen molar-refractivity contribution >= 4 is 8.07 Å². The Labute approximate surface area is 116 Å². The zero-order valence-corrected chi connectivity index (χ0v) is 14.0. The van der Waals surface area contributed by atoms with Crippen molar-refractivity contribution in [2.45, 2.75) is 77.4 Å². The van der Waals surface area contributed by atoms with Gasteiger partial charge in [-0.3, -0.25) is 0 Å². The predicted molar refractivity (Wildman–Crippen MR) is 72.0 cm³/mol. The molecular weight excluding hydrogens is 203 g/mol. The Hall–Kier alpha value is 0.374. The molecule has 0 saturated carbocycles. The van der Waals surface area contributed by atoms with Crippen LogP contribution in [0.4, 0.5) is 0 Å². The van der Waals surface area contributed by atoms with Crippen molar-refractivity contribution < 1.29 is 18.9 Å². The molecule has 0 rings (SSSR count). The van der Waals surface area contributed by atoms with E-state index in [9.17, 15) is 0 Å². The molecule has 16 heavy (non-hydrogen) atoms. The van der Waals surface area contributed by atoms with Gasteiger partial charge in [-0.25, -0.2) is 0 Å². The first-order chi connectivity index (χ1) is 6.31. The fourth-order valence-electron chi connectivity index (χ4n) is 3.94. The maximum absolute atomic E-state index is 7.89. The van der Waals surface area contributed by atoms with Gasteiger partial charge in [0.15, 0.2) is 0 Å². The van der Waals surface area contributed by atoms with Gasteiger partial charge < -0.3 is 12.0 Å². The molecule has 88 valence electrons. The van der Waals surface area contributed by atoms with Crippen molar-refractivity contribution in [3.05, 3.63) is 6.42 Å². The second-order valence-electron chi connectivity index (χ2n) is 7.62. The van der Waals surface area contributed by atoms with E-state index < -0.39 is 8.07 Å². The van der Waals surface area contributed by atoms with Crippen molar-refractivity contribution in [3.63, 3.8) is 0 Å². The molecule has 2 heteroatoms. The van der Waals surface area contributed by atoms with Gasteiger partial charge in [0.2, 0.25) is 0 Å². The van der Waals surface area contributed by atoms with Gasteiger partial charge in [0.25, 0.3) is 0 Å². The van der Waals surface area contributed by atoms with Crippen LogP contribution in [-0.2, 0) is 0 Å². The molecule has 0 spiro atoms. The van der Waals surface area contributed by atoms with E-state index >= 15 is 0 Å². The minimum Gasteiger partial charge on any atom is -0.701 e. The molecule has 0 radical (unpaired) electrons. The molecule has 0 aliphatic rings. The molecule has 0 aromatic rings. The van der Waals surface area contributed by atoms with E-state index in [0.29, 0.717) is 0 Å². The van der Waals surface area contributed by atoms with E-state index in [-0.39, 0.29) is 34.0 Å². The molecular formula is C14H27LiSi. The average molecular weight is 230 g/mol. The van der Waals surface area contributed by atoms with E-state index in [1.54, 1.807) is 0 Å². The molecule has 0 saturated heterocycles. The minimum atomic E-state index is -1.96. The summed E-state index contributed by atoms with van der Waals surface area (Å²) in [7, 11) is -1.96. The monoisotopic (exact) mass is 230 g/mol. The fraction of sp³-hybridized carbons (Fsp3) is 0.857. The summed E-state index contributed by atoms with van der Waals surface area (Å²) in [5.41, 5.74) is 3.02. The summed E-state index contributed by atoms with van der Waals surface area (Å²) in [4.78, 5) is 0. The Kier molecular flexibility index (Phi) is 5.78. The Balaban J connectivity index is 0. The molecule has 0 nitrogen and oxygen atoms in total. The molecule has 0 heterocycles. The van der Waals surface area contributed by atoms with Crippen LogP contribution in [-0.4, -0.2) is 8.07 Å². The molecule has 0 fully saturated rings. The van der Waals surface area contributed by atoms with E-state index in [1.807, 2.05) is 0 Å². The molecule has 0 amide bonds. The predicted octanol–water partition coefficient (Wildman–Crippen LogP) is 1.97. The molecule has 0 N–H and O–H groups in total. The van der Waals surface area contributed by atoms with Crippen molar-refractivity contribution in [3.8, 4) is 5.54 Å². The van der Waals surface area contributed by atoms with E-state index in [0.717, 1.165) is 0 Å². The zero-order chi connectivity index (χ0) is 12.7. The maximum Gasteiger partial charge on any atom is 1.00 e. The summed E-state index contributed by atoms with van der Waals surface area (Å²) in [6.07, 6.45) is 7.89. The number of rotatable bonds is 0. The van der Waals surface area contributed by atoms with Crippen LogP contribution in [0.1, 0.15) is 62.3 Å². The van der Waals surface area contributed by atoms with Gasteiger partial charge in [-0.2, -0.15) is 0 Å². The Bertz CT molecular complexity index is 229. The molecule has 0 unspecified atom stereocenters. The molecule has 0 aliphatic heterocycles. The summed E-state index contributed by atoms with van der Waals surface area (Å²) in [6.45, 7) is 20.5. The summed E-state index contributed by atoms with van der Waals surface area (Å²) in [5, 5.41) is 0.516. The van der Waals surface area contributed by atoms with Crippen molar-refractivity contribution in [2.24, 2.45) is 0 Å². The molecule has 0 aromatic carbocycles. The first kappa shape index (κ1) is 18.7. The quantitative estimate of drug-likeness (QED) is 0.339. The Morgan fingerprint density at radius 2 is 0.875 bits per heavy atom. The standard InChI is InChI=1S/C14H27Si.Li/c1-11-15(12(2,3)4,13(5,6)7)14(8,9)10;/h2-10H3;/q-1;+1. The first-order valence-electron chi connectivity index (χ1n) is 5.75. The fourth-order valence-corrected chi connectivity index (χ4v) is 11.8. The average Bonchev–Trinajstić information content (AvgIpc) is 1.76. The first-order valence-corrected chi connectivity index (χ1v) is 7.75. The van der Waals surface area contributed by atoms with Gasteiger partial charge in [0, 0.05) is 0 Å². The molecule has 0 aromatic heterocycles. The minimum absolute atomic E-state index is 0. The summed E-state index contributed by atoms with van der Waals surface area (Å²) in [6, 6.07) is 0. The van der Waals surface area contributed by atoms with E-state index in [4.69, 9.17) is 6.42 Å². The van der Waals surface area contributed by atoms with Gasteiger partial charge in [0.1, 0.15) is 8.07 Å². The van der Waals surface area contributed by atoms with Crippen LogP contribution in [0.15, 0.2) is 0 Å². The third kappa shape index (κ3) is 2.79. The van der Waals surface area contributed by atoms with Crippen LogP contribution < -0.4 is 18.9 Å². The van der Waals surface area contributed by atoms with Crippen LogP contribution in [0, 0.1) is 12.0 Å². The number of hydrogen-bond acceptors (Lipinski definition) is 0. The van der Waals surface area contributed by atoms with Crippen LogP contribution in [0.25, 0.3) is 0 Å². The van der Waals surface area contributed by atoms with Crippen LogP contribution in [0.5, 0.6) is 0 Å². The molecule has 0 bridgehead atoms. The summed E-state index contributed by atoms with van der Waals surface area (Å²) < 4.78 is 0. The Morgan fingerprint density at radius 1 is 0.688 bits per heavy atom. The smallest absolute Gasteiger partial charge is 0.701 e. The third-order valence-electron chi connectivity index (χ3n) is 3.56. The van der Waals surface area contributed by atoms with Crippen molar-refractivity contribution in [2.75, 3.05) is 0 Å². The van der Waals surface area contributed by atoms with Crippen molar-refractivity contribution in [1.82, 2.24) is 0 Å². The maximum atomic E-state index is 7.89. The number of hydrogen-bond donors (Lipinski definition) is 0. The van der Waals surface area contributed by atoms with Crippen LogP contribution >= 0.6 is 0 Å². The van der Waals surface area contributed by atoms with Crippen LogP contribution in [0.2, 0.25) is 15.1 Å². The second kappa shape index (κ2) is 4.93. The van der Waals surface area contributed by atoms with Gasteiger partial charge in [-0.05, 0) is 15.1 Å². The van der Waals surface area contributed by atoms with E-state index in [1.165, 1.54) is 0 Å². The summed E-state index contributed by atoms with van der Waals surface area (Å²) in [5.74, 6) is 0. The van der Waals surface area contributed by atoms with Gasteiger partial charge in [0.05, 0.1) is 0 Å². The van der Waals surface area contributed by atoms with Gasteiger partial charge in [-0.15, -0.1) is 0 Å². The van der Waals surface area contributed by atoms with Crippen molar-refractivity contribution in [1.29, 1.82) is 0 Å². The topological polar surface area (TPSA) is 0 Å².